The number of rotatable bonds is 5. The van der Waals surface area contributed by atoms with E-state index in [1.54, 1.807) is 18.2 Å². The van der Waals surface area contributed by atoms with Crippen molar-refractivity contribution in [1.29, 1.82) is 0 Å². The van der Waals surface area contributed by atoms with Crippen molar-refractivity contribution >= 4 is 29.1 Å². The first-order valence-corrected chi connectivity index (χ1v) is 10.5. The quantitative estimate of drug-likeness (QED) is 0.782. The van der Waals surface area contributed by atoms with E-state index in [0.29, 0.717) is 17.0 Å². The second-order valence-corrected chi connectivity index (χ2v) is 8.80. The van der Waals surface area contributed by atoms with Gasteiger partial charge in [-0.15, -0.1) is 11.3 Å². The summed E-state index contributed by atoms with van der Waals surface area (Å²) in [5, 5.41) is 9.14. The average Bonchev–Trinajstić information content (AvgIpc) is 3.22. The third-order valence-corrected chi connectivity index (χ3v) is 6.93. The number of piperidine rings is 1. The fourth-order valence-corrected chi connectivity index (χ4v) is 5.15. The number of aromatic carboxylic acids is 1. The Bertz CT molecular complexity index is 904. The Morgan fingerprint density at radius 3 is 2.52 bits per heavy atom. The second-order valence-electron chi connectivity index (χ2n) is 7.64. The highest BCUT2D eigenvalue weighted by atomic mass is 32.1. The van der Waals surface area contributed by atoms with Gasteiger partial charge in [-0.05, 0) is 44.2 Å². The summed E-state index contributed by atoms with van der Waals surface area (Å²) in [4.78, 5) is 28.6. The number of carboxylic acid groups (broad SMARTS) is 1. The predicted molar refractivity (Wildman–Crippen MR) is 108 cm³/mol. The maximum Gasteiger partial charge on any atom is 0.414 e. The number of benzene rings is 1. The van der Waals surface area contributed by atoms with Crippen LogP contribution in [0.4, 0.5) is 14.9 Å². The van der Waals surface area contributed by atoms with Crippen LogP contribution in [0.2, 0.25) is 0 Å². The van der Waals surface area contributed by atoms with Crippen LogP contribution in [0.5, 0.6) is 0 Å². The van der Waals surface area contributed by atoms with Crippen LogP contribution in [0.15, 0.2) is 36.4 Å². The van der Waals surface area contributed by atoms with Gasteiger partial charge in [-0.1, -0.05) is 12.1 Å². The molecule has 0 aliphatic carbocycles. The van der Waals surface area contributed by atoms with Gasteiger partial charge < -0.3 is 14.7 Å². The lowest BCUT2D eigenvalue weighted by Gasteiger charge is -2.36. The van der Waals surface area contributed by atoms with Gasteiger partial charge in [0.05, 0.1) is 12.2 Å². The largest absolute Gasteiger partial charge is 0.477 e. The Balaban J connectivity index is 1.54. The fourth-order valence-electron chi connectivity index (χ4n) is 4.32. The number of carboxylic acids is 1. The van der Waals surface area contributed by atoms with E-state index < -0.39 is 17.9 Å². The van der Waals surface area contributed by atoms with E-state index in [4.69, 9.17) is 9.84 Å². The lowest BCUT2D eigenvalue weighted by molar-refractivity contribution is 0.0313. The number of para-hydroxylation sites is 1. The molecule has 2 aliphatic rings. The number of thiophene rings is 1. The van der Waals surface area contributed by atoms with Crippen LogP contribution >= 0.6 is 11.3 Å². The minimum Gasteiger partial charge on any atom is -0.477 e. The molecule has 3 heterocycles. The van der Waals surface area contributed by atoms with Crippen LogP contribution in [0, 0.1) is 5.82 Å². The molecule has 1 N–H and O–H groups in total. The summed E-state index contributed by atoms with van der Waals surface area (Å²) < 4.78 is 20.3. The van der Waals surface area contributed by atoms with Crippen LogP contribution in [-0.2, 0) is 11.3 Å². The number of amides is 1. The van der Waals surface area contributed by atoms with Gasteiger partial charge in [0.1, 0.15) is 16.8 Å². The molecule has 1 aromatic carbocycles. The number of halogens is 1. The highest BCUT2D eigenvalue weighted by molar-refractivity contribution is 7.13. The van der Waals surface area contributed by atoms with Crippen molar-refractivity contribution in [1.82, 2.24) is 4.90 Å². The molecule has 6 nitrogen and oxygen atoms in total. The van der Waals surface area contributed by atoms with Gasteiger partial charge in [-0.3, -0.25) is 4.90 Å². The molecule has 8 heteroatoms. The summed E-state index contributed by atoms with van der Waals surface area (Å²) in [7, 11) is 2.11. The van der Waals surface area contributed by atoms with Crippen LogP contribution in [0.3, 0.4) is 0 Å². The summed E-state index contributed by atoms with van der Waals surface area (Å²) in [6.45, 7) is 0.0528. The molecule has 2 saturated heterocycles. The minimum absolute atomic E-state index is 0.0528. The van der Waals surface area contributed by atoms with Crippen molar-refractivity contribution in [2.75, 3.05) is 11.9 Å². The highest BCUT2D eigenvalue weighted by Gasteiger charge is 2.40. The number of nitrogens with zero attached hydrogens (tertiary/aromatic N) is 2. The van der Waals surface area contributed by atoms with Gasteiger partial charge >= 0.3 is 12.1 Å². The maximum absolute atomic E-state index is 14.5. The number of ether oxygens (including phenoxy) is 1. The Morgan fingerprint density at radius 2 is 1.90 bits per heavy atom. The maximum atomic E-state index is 14.5. The molecule has 0 spiro atoms. The molecular formula is C21H23FN2O4S. The SMILES string of the molecule is CN1[C@@H]2CC[C@H]1CC(OC(=O)N(Cc1ccc(C(=O)O)s1)c1ccccc1F)C2. The molecule has 0 radical (unpaired) electrons. The van der Waals surface area contributed by atoms with E-state index in [9.17, 15) is 14.0 Å². The van der Waals surface area contributed by atoms with Crippen LogP contribution in [0.1, 0.15) is 40.2 Å². The Morgan fingerprint density at radius 1 is 1.21 bits per heavy atom. The minimum atomic E-state index is -1.02. The predicted octanol–water partition coefficient (Wildman–Crippen LogP) is 4.35. The van der Waals surface area contributed by atoms with E-state index in [1.165, 1.54) is 23.1 Å². The molecule has 29 heavy (non-hydrogen) atoms. The molecule has 3 atom stereocenters. The van der Waals surface area contributed by atoms with E-state index in [2.05, 4.69) is 11.9 Å². The summed E-state index contributed by atoms with van der Waals surface area (Å²) in [5.41, 5.74) is 0.124. The zero-order valence-electron chi connectivity index (χ0n) is 16.1. The first-order chi connectivity index (χ1) is 13.9. The van der Waals surface area contributed by atoms with Crippen molar-refractivity contribution in [3.8, 4) is 0 Å². The van der Waals surface area contributed by atoms with Crippen molar-refractivity contribution in [3.05, 3.63) is 52.0 Å². The third kappa shape index (κ3) is 4.13. The van der Waals surface area contributed by atoms with Crippen LogP contribution in [-0.4, -0.2) is 47.3 Å². The number of fused-ring (bicyclic) bond motifs is 2. The van der Waals surface area contributed by atoms with Crippen molar-refractivity contribution < 1.29 is 23.8 Å². The Labute approximate surface area is 172 Å². The van der Waals surface area contributed by atoms with Gasteiger partial charge in [0, 0.05) is 29.8 Å². The van der Waals surface area contributed by atoms with Crippen molar-refractivity contribution in [2.24, 2.45) is 0 Å². The number of anilines is 1. The molecule has 1 amide bonds. The zero-order chi connectivity index (χ0) is 20.5. The topological polar surface area (TPSA) is 70.1 Å². The molecular weight excluding hydrogens is 395 g/mol. The van der Waals surface area contributed by atoms with Gasteiger partial charge in [0.25, 0.3) is 0 Å². The first kappa shape index (κ1) is 19.8. The summed E-state index contributed by atoms with van der Waals surface area (Å²) in [6, 6.07) is 10.0. The standard InChI is InChI=1S/C21H23FN2O4S/c1-23-13-6-7-14(23)11-15(10-13)28-21(27)24(18-5-3-2-4-17(18)22)12-16-8-9-19(29-16)20(25)26/h2-5,8-9,13-15H,6-7,10-12H2,1H3,(H,25,26)/t13-,14+,15?. The zero-order valence-corrected chi connectivity index (χ0v) is 16.9. The second kappa shape index (κ2) is 8.12. The Hall–Kier alpha value is -2.45. The van der Waals surface area contributed by atoms with Gasteiger partial charge in [-0.25, -0.2) is 14.0 Å². The summed E-state index contributed by atoms with van der Waals surface area (Å²) in [5.74, 6) is -1.55. The normalized spacial score (nSPS) is 23.7. The molecule has 0 saturated carbocycles. The van der Waals surface area contributed by atoms with Crippen molar-refractivity contribution in [2.45, 2.75) is 50.4 Å². The average molecular weight is 418 g/mol. The monoisotopic (exact) mass is 418 g/mol. The molecule has 2 aromatic rings. The van der Waals surface area contributed by atoms with Gasteiger partial charge in [0.15, 0.2) is 0 Å². The molecule has 2 aliphatic heterocycles. The number of carbonyl (C=O) groups is 2. The lowest BCUT2D eigenvalue weighted by Crippen LogP contribution is -2.45. The number of carbonyl (C=O) groups excluding carboxylic acids is 1. The fraction of sp³-hybridized carbons (Fsp3) is 0.429. The van der Waals surface area contributed by atoms with E-state index in [1.807, 2.05) is 0 Å². The third-order valence-electron chi connectivity index (χ3n) is 5.87. The van der Waals surface area contributed by atoms with Crippen LogP contribution in [0.25, 0.3) is 0 Å². The van der Waals surface area contributed by atoms with Crippen molar-refractivity contribution in [3.63, 3.8) is 0 Å². The lowest BCUT2D eigenvalue weighted by atomic mass is 10.0. The molecule has 2 bridgehead atoms. The van der Waals surface area contributed by atoms with Gasteiger partial charge in [0.2, 0.25) is 0 Å². The summed E-state index contributed by atoms with van der Waals surface area (Å²) >= 11 is 1.07. The Kier molecular flexibility index (Phi) is 5.56. The smallest absolute Gasteiger partial charge is 0.414 e. The molecule has 2 fully saturated rings. The molecule has 1 aromatic heterocycles. The number of hydrogen-bond acceptors (Lipinski definition) is 5. The molecule has 1 unspecified atom stereocenters. The van der Waals surface area contributed by atoms with E-state index >= 15 is 0 Å². The van der Waals surface area contributed by atoms with E-state index in [-0.39, 0.29) is 23.2 Å². The van der Waals surface area contributed by atoms with Gasteiger partial charge in [-0.2, -0.15) is 0 Å². The molecule has 154 valence electrons. The first-order valence-electron chi connectivity index (χ1n) is 9.69. The van der Waals surface area contributed by atoms with Crippen LogP contribution < -0.4 is 4.90 Å². The highest BCUT2D eigenvalue weighted by Crippen LogP contribution is 2.36. The number of hydrogen-bond donors (Lipinski definition) is 1. The summed E-state index contributed by atoms with van der Waals surface area (Å²) in [6.07, 6.45) is 2.99. The van der Waals surface area contributed by atoms with E-state index in [0.717, 1.165) is 37.0 Å². The molecule has 4 rings (SSSR count).